The number of anilines is 1. The molecule has 2 aromatic heterocycles. The van der Waals surface area contributed by atoms with E-state index in [9.17, 15) is 9.59 Å². The van der Waals surface area contributed by atoms with Gasteiger partial charge in [0.25, 0.3) is 5.56 Å². The Balaban J connectivity index is 2.50. The first-order chi connectivity index (χ1) is 9.13. The van der Waals surface area contributed by atoms with Gasteiger partial charge in [-0.1, -0.05) is 6.92 Å². The van der Waals surface area contributed by atoms with E-state index in [-0.39, 0.29) is 17.9 Å². The van der Waals surface area contributed by atoms with Gasteiger partial charge in [-0.25, -0.2) is 4.79 Å². The summed E-state index contributed by atoms with van der Waals surface area (Å²) in [6.07, 6.45) is 5.46. The molecule has 0 fully saturated rings. The number of aromatic nitrogens is 3. The largest absolute Gasteiger partial charge is 0.393 e. The molecule has 2 rings (SSSR count). The minimum Gasteiger partial charge on any atom is -0.393 e. The van der Waals surface area contributed by atoms with Crippen LogP contribution in [0.3, 0.4) is 0 Å². The Kier molecular flexibility index (Phi) is 3.79. The Labute approximate surface area is 110 Å². The maximum atomic E-state index is 12.2. The average molecular weight is 260 g/mol. The third-order valence-electron chi connectivity index (χ3n) is 2.82. The van der Waals surface area contributed by atoms with E-state index in [1.807, 2.05) is 6.92 Å². The molecule has 0 aliphatic carbocycles. The van der Waals surface area contributed by atoms with E-state index in [0.29, 0.717) is 6.54 Å². The molecule has 0 aromatic carbocycles. The van der Waals surface area contributed by atoms with Crippen molar-refractivity contribution in [2.75, 3.05) is 5.73 Å². The van der Waals surface area contributed by atoms with Gasteiger partial charge in [-0.05, 0) is 24.1 Å². The number of rotatable bonds is 4. The molecule has 0 spiro atoms. The number of hydrogen-bond donors (Lipinski definition) is 1. The molecule has 6 heteroatoms. The van der Waals surface area contributed by atoms with Crippen LogP contribution in [0.25, 0.3) is 0 Å². The van der Waals surface area contributed by atoms with Crippen molar-refractivity contribution in [2.45, 2.75) is 26.4 Å². The standard InChI is InChI=1S/C13H16N4O2/c1-2-7-16-9-11(14)12(18)17(13(16)19)8-10-3-5-15-6-4-10/h3-6,9H,2,7-8,14H2,1H3. The first-order valence-corrected chi connectivity index (χ1v) is 6.12. The maximum absolute atomic E-state index is 12.2. The third kappa shape index (κ3) is 2.73. The van der Waals surface area contributed by atoms with Crippen LogP contribution < -0.4 is 17.0 Å². The van der Waals surface area contributed by atoms with Gasteiger partial charge in [0.2, 0.25) is 0 Å². The third-order valence-corrected chi connectivity index (χ3v) is 2.82. The Morgan fingerprint density at radius 1 is 1.26 bits per heavy atom. The fourth-order valence-corrected chi connectivity index (χ4v) is 1.89. The second kappa shape index (κ2) is 5.51. The van der Waals surface area contributed by atoms with E-state index in [2.05, 4.69) is 4.98 Å². The second-order valence-corrected chi connectivity index (χ2v) is 4.31. The molecule has 2 N–H and O–H groups in total. The second-order valence-electron chi connectivity index (χ2n) is 4.31. The summed E-state index contributed by atoms with van der Waals surface area (Å²) < 4.78 is 2.62. The van der Waals surface area contributed by atoms with Crippen molar-refractivity contribution in [2.24, 2.45) is 0 Å². The van der Waals surface area contributed by atoms with Crippen molar-refractivity contribution in [3.05, 3.63) is 57.1 Å². The van der Waals surface area contributed by atoms with E-state index < -0.39 is 5.56 Å². The van der Waals surface area contributed by atoms with Crippen molar-refractivity contribution < 1.29 is 0 Å². The quantitative estimate of drug-likeness (QED) is 0.865. The Hall–Kier alpha value is -2.37. The first-order valence-electron chi connectivity index (χ1n) is 6.12. The molecule has 0 bridgehead atoms. The van der Waals surface area contributed by atoms with E-state index in [4.69, 9.17) is 5.73 Å². The smallest absolute Gasteiger partial charge is 0.331 e. The summed E-state index contributed by atoms with van der Waals surface area (Å²) in [7, 11) is 0. The average Bonchev–Trinajstić information content (AvgIpc) is 2.42. The lowest BCUT2D eigenvalue weighted by Crippen LogP contribution is -2.40. The highest BCUT2D eigenvalue weighted by atomic mass is 16.2. The molecule has 0 radical (unpaired) electrons. The fraction of sp³-hybridized carbons (Fsp3) is 0.308. The predicted molar refractivity (Wildman–Crippen MR) is 73.0 cm³/mol. The summed E-state index contributed by atoms with van der Waals surface area (Å²) in [6, 6.07) is 3.53. The lowest BCUT2D eigenvalue weighted by atomic mass is 10.2. The normalized spacial score (nSPS) is 10.6. The van der Waals surface area contributed by atoms with Crippen molar-refractivity contribution in [3.63, 3.8) is 0 Å². The number of nitrogens with zero attached hydrogens (tertiary/aromatic N) is 3. The molecular formula is C13H16N4O2. The van der Waals surface area contributed by atoms with Crippen molar-refractivity contribution in [3.8, 4) is 0 Å². The van der Waals surface area contributed by atoms with E-state index >= 15 is 0 Å². The van der Waals surface area contributed by atoms with Crippen LogP contribution in [0.2, 0.25) is 0 Å². The highest BCUT2D eigenvalue weighted by Crippen LogP contribution is 1.98. The van der Waals surface area contributed by atoms with Crippen molar-refractivity contribution >= 4 is 5.69 Å². The highest BCUT2D eigenvalue weighted by Gasteiger charge is 2.09. The van der Waals surface area contributed by atoms with Gasteiger partial charge in [0, 0.05) is 25.1 Å². The van der Waals surface area contributed by atoms with Crippen LogP contribution in [-0.4, -0.2) is 14.1 Å². The zero-order valence-electron chi connectivity index (χ0n) is 10.7. The molecule has 2 aromatic rings. The topological polar surface area (TPSA) is 82.9 Å². The van der Waals surface area contributed by atoms with Crippen molar-refractivity contribution in [1.29, 1.82) is 0 Å². The molecule has 0 unspecified atom stereocenters. The van der Waals surface area contributed by atoms with E-state index in [1.54, 1.807) is 24.5 Å². The summed E-state index contributed by atoms with van der Waals surface area (Å²) >= 11 is 0. The number of nitrogen functional groups attached to an aromatic ring is 1. The van der Waals surface area contributed by atoms with Crippen molar-refractivity contribution in [1.82, 2.24) is 14.1 Å². The van der Waals surface area contributed by atoms with Gasteiger partial charge in [-0.2, -0.15) is 0 Å². The van der Waals surface area contributed by atoms with Gasteiger partial charge in [0.15, 0.2) is 0 Å². The van der Waals surface area contributed by atoms with Crippen LogP contribution in [0, 0.1) is 0 Å². The predicted octanol–water partition coefficient (Wildman–Crippen LogP) is 0.445. The molecule has 19 heavy (non-hydrogen) atoms. The minimum absolute atomic E-state index is 0.0853. The molecule has 0 aliphatic heterocycles. The van der Waals surface area contributed by atoms with Gasteiger partial charge in [0.05, 0.1) is 6.54 Å². The molecule has 0 atom stereocenters. The maximum Gasteiger partial charge on any atom is 0.331 e. The minimum atomic E-state index is -0.450. The molecule has 2 heterocycles. The van der Waals surface area contributed by atoms with Gasteiger partial charge in [-0.15, -0.1) is 0 Å². The van der Waals surface area contributed by atoms with E-state index in [1.165, 1.54) is 10.8 Å². The molecule has 6 nitrogen and oxygen atoms in total. The van der Waals surface area contributed by atoms with Crippen LogP contribution >= 0.6 is 0 Å². The molecule has 0 saturated heterocycles. The van der Waals surface area contributed by atoms with Gasteiger partial charge in [-0.3, -0.25) is 18.9 Å². The zero-order chi connectivity index (χ0) is 13.8. The van der Waals surface area contributed by atoms with Crippen LogP contribution in [0.5, 0.6) is 0 Å². The summed E-state index contributed by atoms with van der Waals surface area (Å²) in [5, 5.41) is 0. The van der Waals surface area contributed by atoms with Crippen LogP contribution in [-0.2, 0) is 13.1 Å². The van der Waals surface area contributed by atoms with E-state index in [0.717, 1.165) is 16.6 Å². The van der Waals surface area contributed by atoms with Gasteiger partial charge < -0.3 is 5.73 Å². The Morgan fingerprint density at radius 3 is 2.58 bits per heavy atom. The zero-order valence-corrected chi connectivity index (χ0v) is 10.7. The number of nitrogens with two attached hydrogens (primary N) is 1. The summed E-state index contributed by atoms with van der Waals surface area (Å²) in [6.45, 7) is 2.70. The first kappa shape index (κ1) is 13.1. The fourth-order valence-electron chi connectivity index (χ4n) is 1.89. The molecule has 0 aliphatic rings. The number of pyridine rings is 1. The molecular weight excluding hydrogens is 244 g/mol. The van der Waals surface area contributed by atoms with Gasteiger partial charge >= 0.3 is 5.69 Å². The number of hydrogen-bond acceptors (Lipinski definition) is 4. The molecule has 0 amide bonds. The summed E-state index contributed by atoms with van der Waals surface area (Å²) in [4.78, 5) is 28.1. The monoisotopic (exact) mass is 260 g/mol. The summed E-state index contributed by atoms with van der Waals surface area (Å²) in [5.41, 5.74) is 5.80. The molecule has 0 saturated carbocycles. The SMILES string of the molecule is CCCn1cc(N)c(=O)n(Cc2ccncc2)c1=O. The Bertz CT molecular complexity index is 673. The lowest BCUT2D eigenvalue weighted by molar-refractivity contribution is 0.573. The molecule has 100 valence electrons. The number of aryl methyl sites for hydroxylation is 1. The van der Waals surface area contributed by atoms with Crippen LogP contribution in [0.15, 0.2) is 40.3 Å². The van der Waals surface area contributed by atoms with Crippen LogP contribution in [0.4, 0.5) is 5.69 Å². The Morgan fingerprint density at radius 2 is 1.95 bits per heavy atom. The summed E-state index contributed by atoms with van der Waals surface area (Å²) in [5.74, 6) is 0. The highest BCUT2D eigenvalue weighted by molar-refractivity contribution is 5.31. The van der Waals surface area contributed by atoms with Gasteiger partial charge in [0.1, 0.15) is 5.69 Å². The lowest BCUT2D eigenvalue weighted by Gasteiger charge is -2.10. The van der Waals surface area contributed by atoms with Crippen LogP contribution in [0.1, 0.15) is 18.9 Å².